The molecular formula is C21H24N6O. The van der Waals surface area contributed by atoms with Crippen LogP contribution in [0.3, 0.4) is 0 Å². The number of aromatic nitrogens is 4. The zero-order valence-corrected chi connectivity index (χ0v) is 16.0. The molecule has 0 radical (unpaired) electrons. The molecule has 7 heteroatoms. The molecule has 1 aliphatic rings. The number of hydrogen-bond acceptors (Lipinski definition) is 5. The van der Waals surface area contributed by atoms with Gasteiger partial charge in [-0.15, -0.1) is 5.10 Å². The van der Waals surface area contributed by atoms with E-state index < -0.39 is 0 Å². The molecule has 7 nitrogen and oxygen atoms in total. The summed E-state index contributed by atoms with van der Waals surface area (Å²) in [4.78, 5) is 14.8. The Bertz CT molecular complexity index is 922. The molecule has 1 N–H and O–H groups in total. The number of likely N-dealkylation sites (tertiary alicyclic amines) is 1. The molecule has 0 unspecified atom stereocenters. The molecule has 1 aromatic heterocycles. The first-order valence-electron chi connectivity index (χ1n) is 9.57. The van der Waals surface area contributed by atoms with E-state index in [0.29, 0.717) is 6.42 Å². The van der Waals surface area contributed by atoms with Gasteiger partial charge in [0.15, 0.2) is 5.82 Å². The van der Waals surface area contributed by atoms with Crippen molar-refractivity contribution in [3.63, 3.8) is 0 Å². The number of benzene rings is 2. The van der Waals surface area contributed by atoms with Crippen LogP contribution in [0.5, 0.6) is 0 Å². The standard InChI is InChI=1S/C21H24N6O/c1-16-23-24-25-27(16)20-9-7-17(8-10-20)13-21(28)22-19-11-12-26(15-19)14-18-5-3-2-4-6-18/h2-10,19H,11-15H2,1H3,(H,22,28)/t19-/m0/s1. The Kier molecular flexibility index (Phi) is 5.43. The van der Waals surface area contributed by atoms with Crippen molar-refractivity contribution in [3.8, 4) is 5.69 Å². The second-order valence-electron chi connectivity index (χ2n) is 7.25. The first-order chi connectivity index (χ1) is 13.7. The lowest BCUT2D eigenvalue weighted by Crippen LogP contribution is -2.37. The van der Waals surface area contributed by atoms with E-state index in [-0.39, 0.29) is 11.9 Å². The van der Waals surface area contributed by atoms with E-state index in [1.54, 1.807) is 4.68 Å². The molecule has 1 aliphatic heterocycles. The summed E-state index contributed by atoms with van der Waals surface area (Å²) in [6, 6.07) is 18.4. The van der Waals surface area contributed by atoms with E-state index in [1.165, 1.54) is 5.56 Å². The van der Waals surface area contributed by atoms with Gasteiger partial charge in [-0.1, -0.05) is 42.5 Å². The van der Waals surface area contributed by atoms with Crippen molar-refractivity contribution in [1.82, 2.24) is 30.4 Å². The van der Waals surface area contributed by atoms with E-state index in [0.717, 1.165) is 43.1 Å². The van der Waals surface area contributed by atoms with E-state index in [1.807, 2.05) is 37.3 Å². The molecule has 0 aliphatic carbocycles. The normalized spacial score (nSPS) is 17.0. The minimum atomic E-state index is 0.0675. The smallest absolute Gasteiger partial charge is 0.224 e. The molecule has 3 aromatic rings. The van der Waals surface area contributed by atoms with Gasteiger partial charge in [0.2, 0.25) is 5.91 Å². The van der Waals surface area contributed by atoms with Crippen molar-refractivity contribution in [2.24, 2.45) is 0 Å². The van der Waals surface area contributed by atoms with Crippen LogP contribution in [0.25, 0.3) is 5.69 Å². The average Bonchev–Trinajstić information content (AvgIpc) is 3.32. The van der Waals surface area contributed by atoms with Gasteiger partial charge in [-0.2, -0.15) is 4.68 Å². The molecule has 0 spiro atoms. The van der Waals surface area contributed by atoms with Gasteiger partial charge < -0.3 is 5.32 Å². The van der Waals surface area contributed by atoms with Crippen LogP contribution in [0.15, 0.2) is 54.6 Å². The van der Waals surface area contributed by atoms with Gasteiger partial charge >= 0.3 is 0 Å². The summed E-state index contributed by atoms with van der Waals surface area (Å²) < 4.78 is 1.67. The maximum absolute atomic E-state index is 12.4. The largest absolute Gasteiger partial charge is 0.352 e. The van der Waals surface area contributed by atoms with Gasteiger partial charge in [0.05, 0.1) is 12.1 Å². The van der Waals surface area contributed by atoms with E-state index in [9.17, 15) is 4.79 Å². The molecular weight excluding hydrogens is 352 g/mol. The van der Waals surface area contributed by atoms with E-state index in [4.69, 9.17) is 0 Å². The summed E-state index contributed by atoms with van der Waals surface area (Å²) in [5.41, 5.74) is 3.18. The van der Waals surface area contributed by atoms with Crippen molar-refractivity contribution in [3.05, 3.63) is 71.5 Å². The molecule has 144 valence electrons. The molecule has 1 fully saturated rings. The highest BCUT2D eigenvalue weighted by Gasteiger charge is 2.23. The molecule has 1 atom stereocenters. The van der Waals surface area contributed by atoms with Crippen LogP contribution >= 0.6 is 0 Å². The number of nitrogens with zero attached hydrogens (tertiary/aromatic N) is 5. The Morgan fingerprint density at radius 1 is 1.11 bits per heavy atom. The average molecular weight is 376 g/mol. The highest BCUT2D eigenvalue weighted by atomic mass is 16.1. The second-order valence-corrected chi connectivity index (χ2v) is 7.25. The first-order valence-corrected chi connectivity index (χ1v) is 9.57. The lowest BCUT2D eigenvalue weighted by Gasteiger charge is -2.17. The molecule has 0 bridgehead atoms. The maximum atomic E-state index is 12.4. The molecule has 0 saturated carbocycles. The molecule has 4 rings (SSSR count). The maximum Gasteiger partial charge on any atom is 0.224 e. The van der Waals surface area contributed by atoms with Crippen LogP contribution in [-0.4, -0.2) is 50.1 Å². The first kappa shape index (κ1) is 18.3. The number of amides is 1. The van der Waals surface area contributed by atoms with Gasteiger partial charge in [-0.25, -0.2) is 0 Å². The third-order valence-electron chi connectivity index (χ3n) is 5.06. The summed E-state index contributed by atoms with van der Waals surface area (Å²) in [6.07, 6.45) is 1.38. The van der Waals surface area contributed by atoms with Crippen molar-refractivity contribution in [1.29, 1.82) is 0 Å². The molecule has 1 amide bonds. The van der Waals surface area contributed by atoms with Crippen LogP contribution < -0.4 is 5.32 Å². The lowest BCUT2D eigenvalue weighted by atomic mass is 10.1. The number of nitrogens with one attached hydrogen (secondary N) is 1. The molecule has 2 aromatic carbocycles. The van der Waals surface area contributed by atoms with Crippen LogP contribution in [0.2, 0.25) is 0 Å². The summed E-state index contributed by atoms with van der Waals surface area (Å²) in [6.45, 7) is 4.70. The van der Waals surface area contributed by atoms with Crippen molar-refractivity contribution in [2.75, 3.05) is 13.1 Å². The number of rotatable bonds is 6. The van der Waals surface area contributed by atoms with E-state index >= 15 is 0 Å². The predicted molar refractivity (Wildman–Crippen MR) is 106 cm³/mol. The van der Waals surface area contributed by atoms with Crippen LogP contribution in [-0.2, 0) is 17.8 Å². The highest BCUT2D eigenvalue weighted by Crippen LogP contribution is 2.14. The van der Waals surface area contributed by atoms with Gasteiger partial charge in [0, 0.05) is 25.7 Å². The monoisotopic (exact) mass is 376 g/mol. The lowest BCUT2D eigenvalue weighted by molar-refractivity contribution is -0.121. The summed E-state index contributed by atoms with van der Waals surface area (Å²) >= 11 is 0. The number of hydrogen-bond donors (Lipinski definition) is 1. The van der Waals surface area contributed by atoms with Crippen LogP contribution in [0, 0.1) is 6.92 Å². The van der Waals surface area contributed by atoms with Gasteiger partial charge in [-0.05, 0) is 47.0 Å². The zero-order chi connectivity index (χ0) is 19.3. The topological polar surface area (TPSA) is 75.9 Å². The van der Waals surface area contributed by atoms with Crippen LogP contribution in [0.1, 0.15) is 23.4 Å². The number of aryl methyl sites for hydroxylation is 1. The SMILES string of the molecule is Cc1nnnn1-c1ccc(CC(=O)N[C@H]2CCN(Cc3ccccc3)C2)cc1. The van der Waals surface area contributed by atoms with Crippen molar-refractivity contribution < 1.29 is 4.79 Å². The Morgan fingerprint density at radius 3 is 2.61 bits per heavy atom. The van der Waals surface area contributed by atoms with Gasteiger partial charge in [0.25, 0.3) is 0 Å². The summed E-state index contributed by atoms with van der Waals surface area (Å²) in [5.74, 6) is 0.796. The minimum Gasteiger partial charge on any atom is -0.352 e. The van der Waals surface area contributed by atoms with Crippen LogP contribution in [0.4, 0.5) is 0 Å². The second kappa shape index (κ2) is 8.31. The van der Waals surface area contributed by atoms with Crippen molar-refractivity contribution >= 4 is 5.91 Å². The number of tetrazole rings is 1. The van der Waals surface area contributed by atoms with Crippen molar-refractivity contribution in [2.45, 2.75) is 32.4 Å². The Morgan fingerprint density at radius 2 is 1.89 bits per heavy atom. The fraction of sp³-hybridized carbons (Fsp3) is 0.333. The molecule has 1 saturated heterocycles. The fourth-order valence-electron chi connectivity index (χ4n) is 3.63. The highest BCUT2D eigenvalue weighted by molar-refractivity contribution is 5.79. The Hall–Kier alpha value is -3.06. The van der Waals surface area contributed by atoms with Gasteiger partial charge in [-0.3, -0.25) is 9.69 Å². The number of carbonyl (C=O) groups is 1. The summed E-state index contributed by atoms with van der Waals surface area (Å²) in [5, 5.41) is 14.7. The Balaban J connectivity index is 1.27. The minimum absolute atomic E-state index is 0.0675. The quantitative estimate of drug-likeness (QED) is 0.711. The van der Waals surface area contributed by atoms with Gasteiger partial charge in [0.1, 0.15) is 0 Å². The predicted octanol–water partition coefficient (Wildman–Crippen LogP) is 1.90. The summed E-state index contributed by atoms with van der Waals surface area (Å²) in [7, 11) is 0. The molecule has 2 heterocycles. The third kappa shape index (κ3) is 4.43. The third-order valence-corrected chi connectivity index (χ3v) is 5.06. The van der Waals surface area contributed by atoms with E-state index in [2.05, 4.69) is 50.0 Å². The zero-order valence-electron chi connectivity index (χ0n) is 16.0. The fourth-order valence-corrected chi connectivity index (χ4v) is 3.63. The Labute approximate surface area is 164 Å². The molecule has 28 heavy (non-hydrogen) atoms. The number of carbonyl (C=O) groups excluding carboxylic acids is 1.